The molecular weight excluding hydrogens is 252 g/mol. The molecule has 1 atom stereocenters. The summed E-state index contributed by atoms with van der Waals surface area (Å²) in [5.74, 6) is 0. The van der Waals surface area contributed by atoms with Gasteiger partial charge in [-0.25, -0.2) is 4.98 Å². The monoisotopic (exact) mass is 280 g/mol. The molecule has 1 saturated carbocycles. The van der Waals surface area contributed by atoms with E-state index in [1.165, 1.54) is 34.8 Å². The van der Waals surface area contributed by atoms with E-state index in [-0.39, 0.29) is 5.41 Å². The van der Waals surface area contributed by atoms with Crippen LogP contribution < -0.4 is 5.32 Å². The van der Waals surface area contributed by atoms with Crippen molar-refractivity contribution in [3.63, 3.8) is 0 Å². The third-order valence-corrected chi connectivity index (χ3v) is 6.03. The van der Waals surface area contributed by atoms with E-state index in [2.05, 4.69) is 46.9 Å². The van der Waals surface area contributed by atoms with Crippen LogP contribution in [0.5, 0.6) is 0 Å². The number of rotatable bonds is 4. The van der Waals surface area contributed by atoms with E-state index in [0.717, 1.165) is 6.54 Å². The minimum absolute atomic E-state index is 0.160. The van der Waals surface area contributed by atoms with E-state index in [1.54, 1.807) is 0 Å². The van der Waals surface area contributed by atoms with E-state index < -0.39 is 0 Å². The summed E-state index contributed by atoms with van der Waals surface area (Å²) in [6.45, 7) is 14.7. The number of nitrogens with one attached hydrogen (secondary N) is 1. The first-order valence-corrected chi connectivity index (χ1v) is 8.24. The number of aryl methyl sites for hydroxylation is 1. The Morgan fingerprint density at radius 3 is 2.42 bits per heavy atom. The van der Waals surface area contributed by atoms with Crippen LogP contribution >= 0.6 is 11.3 Å². The number of thiazole rings is 1. The third kappa shape index (κ3) is 3.38. The van der Waals surface area contributed by atoms with E-state index >= 15 is 0 Å². The van der Waals surface area contributed by atoms with Crippen molar-refractivity contribution in [2.75, 3.05) is 6.54 Å². The highest BCUT2D eigenvalue weighted by Crippen LogP contribution is 2.40. The molecule has 0 spiro atoms. The van der Waals surface area contributed by atoms with E-state index in [0.29, 0.717) is 11.5 Å². The second kappa shape index (κ2) is 5.17. The van der Waals surface area contributed by atoms with Gasteiger partial charge < -0.3 is 5.32 Å². The molecule has 0 amide bonds. The van der Waals surface area contributed by atoms with Gasteiger partial charge >= 0.3 is 0 Å². The number of nitrogens with zero attached hydrogens (tertiary/aromatic N) is 1. The van der Waals surface area contributed by atoms with Crippen molar-refractivity contribution in [1.29, 1.82) is 0 Å². The van der Waals surface area contributed by atoms with E-state index in [1.807, 2.05) is 11.3 Å². The van der Waals surface area contributed by atoms with Gasteiger partial charge in [0.25, 0.3) is 0 Å². The van der Waals surface area contributed by atoms with Gasteiger partial charge in [-0.1, -0.05) is 34.1 Å². The lowest BCUT2D eigenvalue weighted by atomic mass is 9.70. The van der Waals surface area contributed by atoms with Crippen molar-refractivity contribution >= 4 is 11.3 Å². The Kier molecular flexibility index (Phi) is 4.08. The van der Waals surface area contributed by atoms with Crippen LogP contribution in [-0.2, 0) is 5.41 Å². The SMILES string of the molecule is Cc1nc(C(C)(C)C)sc1C(C)NCC1(C)CCC1. The zero-order valence-electron chi connectivity index (χ0n) is 13.3. The molecule has 0 aromatic carbocycles. The van der Waals surface area contributed by atoms with Crippen LogP contribution in [0.2, 0.25) is 0 Å². The second-order valence-electron chi connectivity index (χ2n) is 7.49. The summed E-state index contributed by atoms with van der Waals surface area (Å²) >= 11 is 1.88. The first kappa shape index (κ1) is 15.0. The van der Waals surface area contributed by atoms with Gasteiger partial charge in [0.2, 0.25) is 0 Å². The van der Waals surface area contributed by atoms with E-state index in [9.17, 15) is 0 Å². The zero-order valence-corrected chi connectivity index (χ0v) is 14.1. The molecule has 0 aliphatic heterocycles. The Labute approximate surface area is 122 Å². The molecule has 1 aromatic rings. The number of hydrogen-bond acceptors (Lipinski definition) is 3. The molecule has 1 N–H and O–H groups in total. The maximum Gasteiger partial charge on any atom is 0.0985 e. The normalized spacial score (nSPS) is 20.1. The second-order valence-corrected chi connectivity index (χ2v) is 8.52. The van der Waals surface area contributed by atoms with Crippen molar-refractivity contribution in [2.45, 2.75) is 72.3 Å². The average Bonchev–Trinajstić information content (AvgIpc) is 2.65. The first-order valence-electron chi connectivity index (χ1n) is 7.42. The molecule has 3 heteroatoms. The fourth-order valence-electron chi connectivity index (χ4n) is 2.58. The van der Waals surface area contributed by atoms with Gasteiger partial charge in [0.05, 0.1) is 10.7 Å². The van der Waals surface area contributed by atoms with Crippen LogP contribution in [0, 0.1) is 12.3 Å². The van der Waals surface area contributed by atoms with E-state index in [4.69, 9.17) is 4.98 Å². The largest absolute Gasteiger partial charge is 0.309 e. The Balaban J connectivity index is 2.02. The molecule has 1 unspecified atom stereocenters. The van der Waals surface area contributed by atoms with Gasteiger partial charge in [0, 0.05) is 22.9 Å². The van der Waals surface area contributed by atoms with Crippen molar-refractivity contribution < 1.29 is 0 Å². The fraction of sp³-hybridized carbons (Fsp3) is 0.812. The molecule has 108 valence electrons. The van der Waals surface area contributed by atoms with Gasteiger partial charge in [0.1, 0.15) is 0 Å². The molecule has 1 aromatic heterocycles. The summed E-state index contributed by atoms with van der Waals surface area (Å²) in [5.41, 5.74) is 1.90. The van der Waals surface area contributed by atoms with Crippen molar-refractivity contribution in [3.05, 3.63) is 15.6 Å². The smallest absolute Gasteiger partial charge is 0.0985 e. The Morgan fingerprint density at radius 1 is 1.37 bits per heavy atom. The van der Waals surface area contributed by atoms with Crippen LogP contribution in [0.25, 0.3) is 0 Å². The Morgan fingerprint density at radius 2 is 2.00 bits per heavy atom. The molecular formula is C16H28N2S. The molecule has 2 rings (SSSR count). The highest BCUT2D eigenvalue weighted by atomic mass is 32.1. The zero-order chi connectivity index (χ0) is 14.3. The third-order valence-electron chi connectivity index (χ3n) is 4.26. The Bertz CT molecular complexity index is 438. The average molecular weight is 280 g/mol. The summed E-state index contributed by atoms with van der Waals surface area (Å²) in [4.78, 5) is 6.17. The molecule has 1 aliphatic rings. The molecule has 19 heavy (non-hydrogen) atoms. The lowest BCUT2D eigenvalue weighted by Crippen LogP contribution is -2.38. The predicted octanol–water partition coefficient (Wildman–Crippen LogP) is 4.59. The minimum Gasteiger partial charge on any atom is -0.309 e. The summed E-state index contributed by atoms with van der Waals surface area (Å²) in [6.07, 6.45) is 4.16. The van der Waals surface area contributed by atoms with Gasteiger partial charge in [-0.15, -0.1) is 11.3 Å². The summed E-state index contributed by atoms with van der Waals surface area (Å²) in [7, 11) is 0. The fourth-order valence-corrected chi connectivity index (χ4v) is 3.73. The number of hydrogen-bond donors (Lipinski definition) is 1. The standard InChI is InChI=1S/C16H28N2S/c1-11(17-10-16(6)8-7-9-16)13-12(2)18-14(19-13)15(3,4)5/h11,17H,7-10H2,1-6H3. The van der Waals surface area contributed by atoms with Gasteiger partial charge in [0.15, 0.2) is 0 Å². The lowest BCUT2D eigenvalue weighted by Gasteiger charge is -2.39. The highest BCUT2D eigenvalue weighted by molar-refractivity contribution is 7.12. The van der Waals surface area contributed by atoms with Gasteiger partial charge in [-0.3, -0.25) is 0 Å². The molecule has 0 saturated heterocycles. The van der Waals surface area contributed by atoms with Crippen LogP contribution in [0.1, 0.15) is 75.5 Å². The van der Waals surface area contributed by atoms with Crippen LogP contribution in [0.4, 0.5) is 0 Å². The maximum atomic E-state index is 4.76. The highest BCUT2D eigenvalue weighted by Gasteiger charge is 2.32. The van der Waals surface area contributed by atoms with Crippen LogP contribution in [-0.4, -0.2) is 11.5 Å². The quantitative estimate of drug-likeness (QED) is 0.872. The van der Waals surface area contributed by atoms with Gasteiger partial charge in [-0.05, 0) is 32.1 Å². The Hall–Kier alpha value is -0.410. The van der Waals surface area contributed by atoms with Crippen LogP contribution in [0.15, 0.2) is 0 Å². The molecule has 1 aliphatic carbocycles. The molecule has 1 fully saturated rings. The summed E-state index contributed by atoms with van der Waals surface area (Å²) in [6, 6.07) is 0.422. The number of aromatic nitrogens is 1. The van der Waals surface area contributed by atoms with Crippen molar-refractivity contribution in [3.8, 4) is 0 Å². The van der Waals surface area contributed by atoms with Gasteiger partial charge in [-0.2, -0.15) is 0 Å². The van der Waals surface area contributed by atoms with Crippen LogP contribution in [0.3, 0.4) is 0 Å². The molecule has 1 heterocycles. The minimum atomic E-state index is 0.160. The maximum absolute atomic E-state index is 4.76. The van der Waals surface area contributed by atoms with Crippen molar-refractivity contribution in [1.82, 2.24) is 10.3 Å². The first-order chi connectivity index (χ1) is 8.71. The molecule has 0 bridgehead atoms. The summed E-state index contributed by atoms with van der Waals surface area (Å²) < 4.78 is 0. The predicted molar refractivity (Wildman–Crippen MR) is 83.9 cm³/mol. The topological polar surface area (TPSA) is 24.9 Å². The van der Waals surface area contributed by atoms with Crippen molar-refractivity contribution in [2.24, 2.45) is 5.41 Å². The molecule has 2 nitrogen and oxygen atoms in total. The summed E-state index contributed by atoms with van der Waals surface area (Å²) in [5, 5.41) is 4.97. The lowest BCUT2D eigenvalue weighted by molar-refractivity contribution is 0.152. The molecule has 0 radical (unpaired) electrons.